The van der Waals surface area contributed by atoms with Crippen LogP contribution in [-0.2, 0) is 27.0 Å². The molecule has 0 aliphatic heterocycles. The van der Waals surface area contributed by atoms with Crippen LogP contribution < -0.4 is 9.62 Å². The van der Waals surface area contributed by atoms with Crippen LogP contribution in [-0.4, -0.2) is 33.2 Å². The molecule has 7 heteroatoms. The second kappa shape index (κ2) is 11.9. The number of carbonyl (C=O) groups excluding carboxylic acids is 1. The Morgan fingerprint density at radius 3 is 2.30 bits per heavy atom. The van der Waals surface area contributed by atoms with Crippen LogP contribution >= 0.6 is 11.8 Å². The van der Waals surface area contributed by atoms with Gasteiger partial charge in [-0.15, -0.1) is 0 Å². The van der Waals surface area contributed by atoms with Gasteiger partial charge in [0.15, 0.2) is 0 Å². The average Bonchev–Trinajstić information content (AvgIpc) is 2.83. The summed E-state index contributed by atoms with van der Waals surface area (Å²) in [5.74, 6) is 1.29. The van der Waals surface area contributed by atoms with E-state index in [1.165, 1.54) is 9.87 Å². The van der Waals surface area contributed by atoms with E-state index < -0.39 is 10.0 Å². The standard InChI is InChI=1S/C26H30N2O3S2/c1-3-23-11-7-8-12-25(23)28(33(30,31)24-15-13-21(2)14-16-24)19-26(29)27-17-18-32-20-22-9-5-4-6-10-22/h4-16H,3,17-20H2,1-2H3,(H,27,29). The highest BCUT2D eigenvalue weighted by Gasteiger charge is 2.28. The Morgan fingerprint density at radius 1 is 0.939 bits per heavy atom. The van der Waals surface area contributed by atoms with Crippen LogP contribution in [0.25, 0.3) is 0 Å². The Labute approximate surface area is 201 Å². The molecule has 1 amide bonds. The van der Waals surface area contributed by atoms with Gasteiger partial charge in [-0.25, -0.2) is 8.42 Å². The number of benzene rings is 3. The van der Waals surface area contributed by atoms with Gasteiger partial charge in [0.2, 0.25) is 5.91 Å². The summed E-state index contributed by atoms with van der Waals surface area (Å²) in [5, 5.41) is 2.87. The van der Waals surface area contributed by atoms with E-state index in [2.05, 4.69) is 17.4 Å². The highest BCUT2D eigenvalue weighted by atomic mass is 32.2. The van der Waals surface area contributed by atoms with Gasteiger partial charge in [0.25, 0.3) is 10.0 Å². The summed E-state index contributed by atoms with van der Waals surface area (Å²) in [7, 11) is -3.90. The molecule has 0 atom stereocenters. The normalized spacial score (nSPS) is 11.2. The molecular weight excluding hydrogens is 452 g/mol. The number of carbonyl (C=O) groups is 1. The third-order valence-corrected chi connectivity index (χ3v) is 8.02. The van der Waals surface area contributed by atoms with Gasteiger partial charge in [-0.2, -0.15) is 11.8 Å². The smallest absolute Gasteiger partial charge is 0.264 e. The summed E-state index contributed by atoms with van der Waals surface area (Å²) in [4.78, 5) is 12.9. The Hall–Kier alpha value is -2.77. The summed E-state index contributed by atoms with van der Waals surface area (Å²) in [6, 6.07) is 24.2. The maximum atomic E-state index is 13.5. The summed E-state index contributed by atoms with van der Waals surface area (Å²) in [5.41, 5.74) is 3.62. The molecule has 1 N–H and O–H groups in total. The molecule has 0 saturated carbocycles. The summed E-state index contributed by atoms with van der Waals surface area (Å²) < 4.78 is 28.3. The molecule has 0 bridgehead atoms. The lowest BCUT2D eigenvalue weighted by molar-refractivity contribution is -0.119. The van der Waals surface area contributed by atoms with E-state index in [1.807, 2.05) is 44.2 Å². The van der Waals surface area contributed by atoms with Gasteiger partial charge in [0.1, 0.15) is 6.54 Å². The number of nitrogens with zero attached hydrogens (tertiary/aromatic N) is 1. The Bertz CT molecular complexity index is 1150. The largest absolute Gasteiger partial charge is 0.354 e. The minimum Gasteiger partial charge on any atom is -0.354 e. The van der Waals surface area contributed by atoms with Crippen molar-refractivity contribution in [3.05, 3.63) is 95.6 Å². The van der Waals surface area contributed by atoms with Crippen LogP contribution in [0.15, 0.2) is 83.8 Å². The quantitative estimate of drug-likeness (QED) is 0.399. The molecule has 33 heavy (non-hydrogen) atoms. The molecule has 0 aliphatic carbocycles. The number of aryl methyl sites for hydroxylation is 2. The Kier molecular flexibility index (Phi) is 8.97. The first-order chi connectivity index (χ1) is 15.9. The van der Waals surface area contributed by atoms with Crippen molar-refractivity contribution >= 4 is 33.4 Å². The van der Waals surface area contributed by atoms with Crippen molar-refractivity contribution in [1.82, 2.24) is 5.32 Å². The van der Waals surface area contributed by atoms with Crippen LogP contribution in [0.2, 0.25) is 0 Å². The SMILES string of the molecule is CCc1ccccc1N(CC(=O)NCCSCc1ccccc1)S(=O)(=O)c1ccc(C)cc1. The van der Waals surface area contributed by atoms with E-state index in [4.69, 9.17) is 0 Å². The molecule has 0 saturated heterocycles. The lowest BCUT2D eigenvalue weighted by Crippen LogP contribution is -2.41. The van der Waals surface area contributed by atoms with Gasteiger partial charge in [-0.05, 0) is 42.7 Å². The predicted molar refractivity (Wildman–Crippen MR) is 137 cm³/mol. The van der Waals surface area contributed by atoms with Crippen LogP contribution in [0, 0.1) is 6.92 Å². The summed E-state index contributed by atoms with van der Waals surface area (Å²) in [6.45, 7) is 4.09. The lowest BCUT2D eigenvalue weighted by Gasteiger charge is -2.26. The number of nitrogens with one attached hydrogen (secondary N) is 1. The van der Waals surface area contributed by atoms with Gasteiger partial charge in [0.05, 0.1) is 10.6 Å². The first kappa shape index (κ1) is 24.9. The average molecular weight is 483 g/mol. The number of rotatable bonds is 11. The van der Waals surface area contributed by atoms with Crippen molar-refractivity contribution in [3.8, 4) is 0 Å². The molecule has 174 valence electrons. The van der Waals surface area contributed by atoms with Crippen LogP contribution in [0.3, 0.4) is 0 Å². The number of hydrogen-bond donors (Lipinski definition) is 1. The zero-order valence-corrected chi connectivity index (χ0v) is 20.7. The molecule has 5 nitrogen and oxygen atoms in total. The maximum absolute atomic E-state index is 13.5. The fourth-order valence-electron chi connectivity index (χ4n) is 3.40. The van der Waals surface area contributed by atoms with E-state index in [0.29, 0.717) is 18.7 Å². The molecule has 0 heterocycles. The van der Waals surface area contributed by atoms with E-state index >= 15 is 0 Å². The summed E-state index contributed by atoms with van der Waals surface area (Å²) >= 11 is 1.73. The third-order valence-electron chi connectivity index (χ3n) is 5.22. The first-order valence-corrected chi connectivity index (χ1v) is 13.6. The number of sulfonamides is 1. The molecule has 3 aromatic rings. The van der Waals surface area contributed by atoms with Crippen LogP contribution in [0.5, 0.6) is 0 Å². The topological polar surface area (TPSA) is 66.5 Å². The molecular formula is C26H30N2O3S2. The van der Waals surface area contributed by atoms with Crippen molar-refractivity contribution in [3.63, 3.8) is 0 Å². The van der Waals surface area contributed by atoms with Gasteiger partial charge in [-0.1, -0.05) is 73.2 Å². The fraction of sp³-hybridized carbons (Fsp3) is 0.269. The minimum atomic E-state index is -3.90. The van der Waals surface area contributed by atoms with Crippen molar-refractivity contribution in [2.45, 2.75) is 30.9 Å². The van der Waals surface area contributed by atoms with Crippen molar-refractivity contribution in [1.29, 1.82) is 0 Å². The number of amides is 1. The zero-order valence-electron chi connectivity index (χ0n) is 19.0. The monoisotopic (exact) mass is 482 g/mol. The molecule has 0 fully saturated rings. The van der Waals surface area contributed by atoms with Gasteiger partial charge in [-0.3, -0.25) is 9.10 Å². The number of hydrogen-bond acceptors (Lipinski definition) is 4. The number of anilines is 1. The molecule has 0 spiro atoms. The van der Waals surface area contributed by atoms with E-state index in [9.17, 15) is 13.2 Å². The fourth-order valence-corrected chi connectivity index (χ4v) is 5.68. The lowest BCUT2D eigenvalue weighted by atomic mass is 10.1. The summed E-state index contributed by atoms with van der Waals surface area (Å²) in [6.07, 6.45) is 0.661. The third kappa shape index (κ3) is 6.85. The first-order valence-electron chi connectivity index (χ1n) is 11.0. The zero-order chi connectivity index (χ0) is 23.7. The number of thioether (sulfide) groups is 1. The highest BCUT2D eigenvalue weighted by Crippen LogP contribution is 2.27. The van der Waals surface area contributed by atoms with E-state index in [-0.39, 0.29) is 17.3 Å². The minimum absolute atomic E-state index is 0.172. The highest BCUT2D eigenvalue weighted by molar-refractivity contribution is 7.98. The van der Waals surface area contributed by atoms with Gasteiger partial charge < -0.3 is 5.32 Å². The van der Waals surface area contributed by atoms with Crippen molar-refractivity contribution in [2.75, 3.05) is 23.1 Å². The Morgan fingerprint density at radius 2 is 1.61 bits per heavy atom. The van der Waals surface area contributed by atoms with Crippen LogP contribution in [0.1, 0.15) is 23.6 Å². The van der Waals surface area contributed by atoms with E-state index in [0.717, 1.165) is 22.6 Å². The Balaban J connectivity index is 1.70. The predicted octanol–water partition coefficient (Wildman–Crippen LogP) is 4.80. The molecule has 0 aromatic heterocycles. The second-order valence-electron chi connectivity index (χ2n) is 7.70. The van der Waals surface area contributed by atoms with Gasteiger partial charge in [0, 0.05) is 18.1 Å². The maximum Gasteiger partial charge on any atom is 0.264 e. The van der Waals surface area contributed by atoms with Crippen LogP contribution in [0.4, 0.5) is 5.69 Å². The van der Waals surface area contributed by atoms with Crippen molar-refractivity contribution < 1.29 is 13.2 Å². The number of para-hydroxylation sites is 1. The molecule has 3 aromatic carbocycles. The van der Waals surface area contributed by atoms with E-state index in [1.54, 1.807) is 48.2 Å². The molecule has 0 aliphatic rings. The van der Waals surface area contributed by atoms with Gasteiger partial charge >= 0.3 is 0 Å². The van der Waals surface area contributed by atoms with Crippen molar-refractivity contribution in [2.24, 2.45) is 0 Å². The molecule has 3 rings (SSSR count). The molecule has 0 unspecified atom stereocenters. The molecule has 0 radical (unpaired) electrons. The second-order valence-corrected chi connectivity index (χ2v) is 10.7.